The average Bonchev–Trinajstić information content (AvgIpc) is 2.92. The minimum absolute atomic E-state index is 0.676. The highest BCUT2D eigenvalue weighted by Crippen LogP contribution is 2.22. The lowest BCUT2D eigenvalue weighted by molar-refractivity contribution is 1.00. The molecule has 0 fully saturated rings. The molecule has 0 aliphatic rings. The van der Waals surface area contributed by atoms with Gasteiger partial charge in [-0.1, -0.05) is 18.5 Å². The Hall–Kier alpha value is -2.40. The first kappa shape index (κ1) is 14.5. The number of nitrogens with one attached hydrogen (secondary N) is 2. The first-order chi connectivity index (χ1) is 10.6. The van der Waals surface area contributed by atoms with E-state index in [9.17, 15) is 0 Å². The van der Waals surface area contributed by atoms with Crippen LogP contribution < -0.4 is 5.32 Å². The van der Waals surface area contributed by atoms with Crippen molar-refractivity contribution in [1.29, 1.82) is 0 Å². The Bertz CT molecular complexity index is 779. The van der Waals surface area contributed by atoms with Gasteiger partial charge >= 0.3 is 0 Å². The first-order valence-electron chi connectivity index (χ1n) is 7.07. The quantitative estimate of drug-likeness (QED) is 0.760. The third kappa shape index (κ3) is 3.26. The van der Waals surface area contributed by atoms with Crippen LogP contribution in [0.25, 0.3) is 11.4 Å². The maximum absolute atomic E-state index is 5.93. The second kappa shape index (κ2) is 6.15. The molecule has 0 aliphatic heterocycles. The largest absolute Gasteiger partial charge is 0.325 e. The topological polar surface area (TPSA) is 66.5 Å². The summed E-state index contributed by atoms with van der Waals surface area (Å²) in [6, 6.07) is 11.4. The number of hydrogen-bond acceptors (Lipinski definition) is 4. The van der Waals surface area contributed by atoms with Crippen LogP contribution >= 0.6 is 11.6 Å². The second-order valence-corrected chi connectivity index (χ2v) is 5.41. The van der Waals surface area contributed by atoms with E-state index in [1.165, 1.54) is 0 Å². The summed E-state index contributed by atoms with van der Waals surface area (Å²) in [7, 11) is 0. The zero-order valence-corrected chi connectivity index (χ0v) is 13.1. The molecule has 112 valence electrons. The van der Waals surface area contributed by atoms with E-state index in [1.807, 2.05) is 43.3 Å². The van der Waals surface area contributed by atoms with Gasteiger partial charge in [0, 0.05) is 28.4 Å². The highest BCUT2D eigenvalue weighted by atomic mass is 35.5. The molecule has 0 amide bonds. The number of anilines is 2. The molecule has 6 heteroatoms. The fraction of sp³-hybridized carbons (Fsp3) is 0.188. The molecule has 22 heavy (non-hydrogen) atoms. The zero-order valence-electron chi connectivity index (χ0n) is 12.4. The lowest BCUT2D eigenvalue weighted by Crippen LogP contribution is -2.01. The fourth-order valence-corrected chi connectivity index (χ4v) is 2.22. The molecule has 0 saturated heterocycles. The van der Waals surface area contributed by atoms with Crippen LogP contribution in [-0.4, -0.2) is 20.2 Å². The van der Waals surface area contributed by atoms with Gasteiger partial charge in [0.25, 0.3) is 0 Å². The van der Waals surface area contributed by atoms with E-state index in [0.29, 0.717) is 10.8 Å². The fourth-order valence-electron chi connectivity index (χ4n) is 2.09. The number of aromatic amines is 1. The van der Waals surface area contributed by atoms with Crippen molar-refractivity contribution in [3.05, 3.63) is 52.8 Å². The van der Waals surface area contributed by atoms with Gasteiger partial charge in [-0.2, -0.15) is 5.10 Å². The molecule has 0 atom stereocenters. The molecule has 0 unspecified atom stereocenters. The molecular formula is C16H16ClN5. The molecule has 0 saturated carbocycles. The smallest absolute Gasteiger partial charge is 0.161 e. The Morgan fingerprint density at radius 3 is 2.55 bits per heavy atom. The molecule has 3 aromatic rings. The molecule has 1 aromatic carbocycles. The minimum atomic E-state index is 0.676. The SMILES string of the molecule is CCc1cc(Nc2cc(C)n[nH]2)nc(-c2ccc(Cl)cc2)n1. The zero-order chi connectivity index (χ0) is 15.5. The van der Waals surface area contributed by atoms with Crippen LogP contribution in [0.3, 0.4) is 0 Å². The summed E-state index contributed by atoms with van der Waals surface area (Å²) in [6.07, 6.45) is 0.833. The van der Waals surface area contributed by atoms with Crippen molar-refractivity contribution in [2.75, 3.05) is 5.32 Å². The van der Waals surface area contributed by atoms with Crippen LogP contribution in [0.15, 0.2) is 36.4 Å². The highest BCUT2D eigenvalue weighted by Gasteiger charge is 2.07. The lowest BCUT2D eigenvalue weighted by atomic mass is 10.2. The number of halogens is 1. The predicted octanol–water partition coefficient (Wildman–Crippen LogP) is 4.13. The number of aromatic nitrogens is 4. The van der Waals surface area contributed by atoms with E-state index in [4.69, 9.17) is 11.6 Å². The van der Waals surface area contributed by atoms with Crippen molar-refractivity contribution >= 4 is 23.2 Å². The summed E-state index contributed by atoms with van der Waals surface area (Å²) in [4.78, 5) is 9.15. The molecular weight excluding hydrogens is 298 g/mol. The van der Waals surface area contributed by atoms with Gasteiger partial charge in [0.05, 0.1) is 5.69 Å². The molecule has 0 spiro atoms. The predicted molar refractivity (Wildman–Crippen MR) is 88.5 cm³/mol. The standard InChI is InChI=1S/C16H16ClN5/c1-3-13-9-14(19-15-8-10(2)21-22-15)20-16(18-13)11-4-6-12(17)7-5-11/h4-9H,3H2,1-2H3,(H2,18,19,20,21,22). The van der Waals surface area contributed by atoms with Crippen molar-refractivity contribution in [2.24, 2.45) is 0 Å². The number of H-pyrrole nitrogens is 1. The molecule has 0 radical (unpaired) electrons. The maximum Gasteiger partial charge on any atom is 0.161 e. The molecule has 2 aromatic heterocycles. The van der Waals surface area contributed by atoms with Crippen LogP contribution in [0.2, 0.25) is 5.02 Å². The van der Waals surface area contributed by atoms with Crippen molar-refractivity contribution in [3.8, 4) is 11.4 Å². The third-order valence-corrected chi connectivity index (χ3v) is 3.46. The summed E-state index contributed by atoms with van der Waals surface area (Å²) in [5, 5.41) is 10.9. The van der Waals surface area contributed by atoms with E-state index in [0.717, 1.165) is 35.0 Å². The number of aryl methyl sites for hydroxylation is 2. The normalized spacial score (nSPS) is 10.7. The molecule has 2 heterocycles. The van der Waals surface area contributed by atoms with E-state index >= 15 is 0 Å². The van der Waals surface area contributed by atoms with Crippen molar-refractivity contribution < 1.29 is 0 Å². The van der Waals surface area contributed by atoms with Crippen molar-refractivity contribution in [2.45, 2.75) is 20.3 Å². The number of rotatable bonds is 4. The average molecular weight is 314 g/mol. The van der Waals surface area contributed by atoms with Gasteiger partial charge in [-0.15, -0.1) is 0 Å². The number of nitrogens with zero attached hydrogens (tertiary/aromatic N) is 3. The Balaban J connectivity index is 1.97. The molecule has 3 rings (SSSR count). The first-order valence-corrected chi connectivity index (χ1v) is 7.45. The Morgan fingerprint density at radius 2 is 1.91 bits per heavy atom. The van der Waals surface area contributed by atoms with Gasteiger partial charge in [-0.25, -0.2) is 9.97 Å². The number of hydrogen-bond donors (Lipinski definition) is 2. The number of benzene rings is 1. The molecule has 5 nitrogen and oxygen atoms in total. The van der Waals surface area contributed by atoms with E-state index in [1.54, 1.807) is 0 Å². The highest BCUT2D eigenvalue weighted by molar-refractivity contribution is 6.30. The molecule has 2 N–H and O–H groups in total. The third-order valence-electron chi connectivity index (χ3n) is 3.21. The minimum Gasteiger partial charge on any atom is -0.325 e. The monoisotopic (exact) mass is 313 g/mol. The summed E-state index contributed by atoms with van der Waals surface area (Å²) in [5.41, 5.74) is 2.83. The van der Waals surface area contributed by atoms with E-state index < -0.39 is 0 Å². The van der Waals surface area contributed by atoms with Crippen LogP contribution in [0.5, 0.6) is 0 Å². The Morgan fingerprint density at radius 1 is 1.14 bits per heavy atom. The van der Waals surface area contributed by atoms with Crippen LogP contribution in [-0.2, 0) is 6.42 Å². The summed E-state index contributed by atoms with van der Waals surface area (Å²) < 4.78 is 0. The summed E-state index contributed by atoms with van der Waals surface area (Å²) in [5.74, 6) is 2.22. The summed E-state index contributed by atoms with van der Waals surface area (Å²) >= 11 is 5.93. The molecule has 0 bridgehead atoms. The Labute approximate surface area is 133 Å². The van der Waals surface area contributed by atoms with E-state index in [-0.39, 0.29) is 0 Å². The molecule has 0 aliphatic carbocycles. The Kier molecular flexibility index (Phi) is 4.06. The van der Waals surface area contributed by atoms with Gasteiger partial charge in [0.2, 0.25) is 0 Å². The maximum atomic E-state index is 5.93. The van der Waals surface area contributed by atoms with Gasteiger partial charge in [0.1, 0.15) is 11.6 Å². The van der Waals surface area contributed by atoms with Crippen molar-refractivity contribution in [1.82, 2.24) is 20.2 Å². The summed E-state index contributed by atoms with van der Waals surface area (Å²) in [6.45, 7) is 4.00. The lowest BCUT2D eigenvalue weighted by Gasteiger charge is -2.08. The van der Waals surface area contributed by atoms with Gasteiger partial charge in [-0.3, -0.25) is 5.10 Å². The van der Waals surface area contributed by atoms with E-state index in [2.05, 4.69) is 32.4 Å². The van der Waals surface area contributed by atoms with Gasteiger partial charge < -0.3 is 5.32 Å². The van der Waals surface area contributed by atoms with Crippen LogP contribution in [0.1, 0.15) is 18.3 Å². The van der Waals surface area contributed by atoms with Crippen LogP contribution in [0, 0.1) is 6.92 Å². The second-order valence-electron chi connectivity index (χ2n) is 4.98. The van der Waals surface area contributed by atoms with Gasteiger partial charge in [-0.05, 0) is 37.6 Å². The van der Waals surface area contributed by atoms with Crippen LogP contribution in [0.4, 0.5) is 11.6 Å². The van der Waals surface area contributed by atoms with Gasteiger partial charge in [0.15, 0.2) is 5.82 Å². The van der Waals surface area contributed by atoms with Crippen molar-refractivity contribution in [3.63, 3.8) is 0 Å².